The minimum Gasteiger partial charge on any atom is -0.325 e. The Balaban J connectivity index is 2.13. The number of piperidine rings is 1. The number of carbonyl (C=O) groups excluding carboxylic acids is 1. The van der Waals surface area contributed by atoms with Gasteiger partial charge in [-0.1, -0.05) is 24.6 Å². The molecule has 1 aromatic carbocycles. The Hall–Kier alpha value is -0.580. The van der Waals surface area contributed by atoms with Gasteiger partial charge in [0, 0.05) is 5.41 Å². The maximum Gasteiger partial charge on any atom is 0.230 e. The maximum atomic E-state index is 12.3. The van der Waals surface area contributed by atoms with Gasteiger partial charge in [0.2, 0.25) is 5.91 Å². The molecule has 1 fully saturated rings. The first-order valence-corrected chi connectivity index (χ1v) is 7.16. The van der Waals surface area contributed by atoms with E-state index in [4.69, 9.17) is 11.6 Å². The largest absolute Gasteiger partial charge is 0.325 e. The van der Waals surface area contributed by atoms with Crippen molar-refractivity contribution < 1.29 is 4.79 Å². The quantitative estimate of drug-likeness (QED) is 0.871. The summed E-state index contributed by atoms with van der Waals surface area (Å²) in [6.07, 6.45) is 1.72. The van der Waals surface area contributed by atoms with E-state index >= 15 is 0 Å². The lowest BCUT2D eigenvalue weighted by atomic mass is 9.80. The Morgan fingerprint density at radius 2 is 2.11 bits per heavy atom. The topological polar surface area (TPSA) is 41.1 Å². The molecule has 18 heavy (non-hydrogen) atoms. The average molecular weight is 332 g/mol. The monoisotopic (exact) mass is 330 g/mol. The first kappa shape index (κ1) is 13.8. The Labute approximate surface area is 120 Å². The van der Waals surface area contributed by atoms with Crippen molar-refractivity contribution in [2.45, 2.75) is 19.8 Å². The molecule has 1 aromatic rings. The summed E-state index contributed by atoms with van der Waals surface area (Å²) >= 11 is 9.40. The lowest BCUT2D eigenvalue weighted by molar-refractivity contribution is -0.126. The smallest absolute Gasteiger partial charge is 0.230 e. The molecule has 0 aromatic heterocycles. The molecule has 2 rings (SSSR count). The van der Waals surface area contributed by atoms with Crippen molar-refractivity contribution in [1.29, 1.82) is 0 Å². The van der Waals surface area contributed by atoms with Crippen LogP contribution in [0.1, 0.15) is 19.8 Å². The fourth-order valence-electron chi connectivity index (χ4n) is 2.08. The average Bonchev–Trinajstić information content (AvgIpc) is 2.36. The Kier molecular flexibility index (Phi) is 4.30. The SMILES string of the molecule is CC1(C(=O)Nc2cccc(Cl)c2Br)CCNCC1. The molecule has 1 aliphatic heterocycles. The van der Waals surface area contributed by atoms with Crippen LogP contribution in [0.15, 0.2) is 22.7 Å². The molecule has 1 heterocycles. The van der Waals surface area contributed by atoms with Gasteiger partial charge in [-0.05, 0) is 54.0 Å². The van der Waals surface area contributed by atoms with Crippen LogP contribution in [0, 0.1) is 5.41 Å². The third-order valence-corrected chi connectivity index (χ3v) is 4.85. The van der Waals surface area contributed by atoms with Crippen LogP contribution in [0.5, 0.6) is 0 Å². The number of hydrogen-bond donors (Lipinski definition) is 2. The first-order valence-electron chi connectivity index (χ1n) is 5.99. The summed E-state index contributed by atoms with van der Waals surface area (Å²) in [6.45, 7) is 3.79. The van der Waals surface area contributed by atoms with Crippen LogP contribution < -0.4 is 10.6 Å². The zero-order chi connectivity index (χ0) is 13.2. The highest BCUT2D eigenvalue weighted by Gasteiger charge is 2.34. The van der Waals surface area contributed by atoms with Crippen molar-refractivity contribution in [3.8, 4) is 0 Å². The molecule has 5 heteroatoms. The number of benzene rings is 1. The predicted molar refractivity (Wildman–Crippen MR) is 78.0 cm³/mol. The van der Waals surface area contributed by atoms with E-state index in [-0.39, 0.29) is 11.3 Å². The van der Waals surface area contributed by atoms with Gasteiger partial charge in [-0.15, -0.1) is 0 Å². The van der Waals surface area contributed by atoms with Gasteiger partial charge in [0.25, 0.3) is 0 Å². The molecule has 0 saturated carbocycles. The van der Waals surface area contributed by atoms with E-state index < -0.39 is 0 Å². The Bertz CT molecular complexity index is 458. The number of halogens is 2. The van der Waals surface area contributed by atoms with Crippen LogP contribution in [0.2, 0.25) is 5.02 Å². The fraction of sp³-hybridized carbons (Fsp3) is 0.462. The van der Waals surface area contributed by atoms with Gasteiger partial charge in [-0.25, -0.2) is 0 Å². The Morgan fingerprint density at radius 3 is 2.78 bits per heavy atom. The highest BCUT2D eigenvalue weighted by atomic mass is 79.9. The summed E-state index contributed by atoms with van der Waals surface area (Å²) in [6, 6.07) is 5.46. The van der Waals surface area contributed by atoms with Crippen molar-refractivity contribution in [1.82, 2.24) is 5.32 Å². The fourth-order valence-corrected chi connectivity index (χ4v) is 2.62. The zero-order valence-electron chi connectivity index (χ0n) is 10.2. The molecule has 1 saturated heterocycles. The Morgan fingerprint density at radius 1 is 1.44 bits per heavy atom. The highest BCUT2D eigenvalue weighted by Crippen LogP contribution is 2.33. The van der Waals surface area contributed by atoms with Crippen molar-refractivity contribution in [3.63, 3.8) is 0 Å². The standard InChI is InChI=1S/C13H16BrClN2O/c1-13(5-7-16-8-6-13)12(18)17-10-4-2-3-9(15)11(10)14/h2-4,16H,5-8H2,1H3,(H,17,18). The first-order chi connectivity index (χ1) is 8.53. The van der Waals surface area contributed by atoms with Gasteiger partial charge in [0.15, 0.2) is 0 Å². The molecule has 0 bridgehead atoms. The molecule has 1 aliphatic rings. The summed E-state index contributed by atoms with van der Waals surface area (Å²) in [5.74, 6) is 0.0620. The van der Waals surface area contributed by atoms with E-state index in [1.807, 2.05) is 19.1 Å². The minimum absolute atomic E-state index is 0.0620. The summed E-state index contributed by atoms with van der Waals surface area (Å²) in [5, 5.41) is 6.83. The van der Waals surface area contributed by atoms with Gasteiger partial charge >= 0.3 is 0 Å². The van der Waals surface area contributed by atoms with Crippen LogP contribution in [-0.4, -0.2) is 19.0 Å². The number of rotatable bonds is 2. The molecule has 2 N–H and O–H groups in total. The van der Waals surface area contributed by atoms with Crippen molar-refractivity contribution in [2.24, 2.45) is 5.41 Å². The molecule has 0 spiro atoms. The normalized spacial score (nSPS) is 18.4. The van der Waals surface area contributed by atoms with E-state index in [9.17, 15) is 4.79 Å². The van der Waals surface area contributed by atoms with E-state index in [2.05, 4.69) is 26.6 Å². The van der Waals surface area contributed by atoms with Crippen LogP contribution in [0.25, 0.3) is 0 Å². The highest BCUT2D eigenvalue weighted by molar-refractivity contribution is 9.10. The van der Waals surface area contributed by atoms with Crippen LogP contribution in [-0.2, 0) is 4.79 Å². The van der Waals surface area contributed by atoms with E-state index in [0.717, 1.165) is 36.1 Å². The molecule has 98 valence electrons. The maximum absolute atomic E-state index is 12.3. The number of anilines is 1. The molecule has 0 unspecified atom stereocenters. The molecular weight excluding hydrogens is 316 g/mol. The van der Waals surface area contributed by atoms with Crippen LogP contribution >= 0.6 is 27.5 Å². The number of amides is 1. The number of nitrogens with one attached hydrogen (secondary N) is 2. The van der Waals surface area contributed by atoms with E-state index in [1.54, 1.807) is 6.07 Å². The zero-order valence-corrected chi connectivity index (χ0v) is 12.6. The third kappa shape index (κ3) is 2.87. The molecule has 1 amide bonds. The van der Waals surface area contributed by atoms with E-state index in [0.29, 0.717) is 5.02 Å². The second kappa shape index (κ2) is 5.59. The summed E-state index contributed by atoms with van der Waals surface area (Å²) < 4.78 is 0.734. The van der Waals surface area contributed by atoms with Gasteiger partial charge < -0.3 is 10.6 Å². The minimum atomic E-state index is -0.299. The molecule has 0 aliphatic carbocycles. The van der Waals surface area contributed by atoms with Gasteiger partial charge in [-0.3, -0.25) is 4.79 Å². The van der Waals surface area contributed by atoms with Crippen molar-refractivity contribution in [2.75, 3.05) is 18.4 Å². The lowest BCUT2D eigenvalue weighted by Gasteiger charge is -2.32. The third-order valence-electron chi connectivity index (χ3n) is 3.46. The summed E-state index contributed by atoms with van der Waals surface area (Å²) in [4.78, 5) is 12.3. The molecular formula is C13H16BrClN2O. The summed E-state index contributed by atoms with van der Waals surface area (Å²) in [7, 11) is 0. The van der Waals surface area contributed by atoms with Gasteiger partial charge in [0.1, 0.15) is 0 Å². The van der Waals surface area contributed by atoms with Gasteiger partial charge in [-0.2, -0.15) is 0 Å². The predicted octanol–water partition coefficient (Wildman–Crippen LogP) is 3.43. The van der Waals surface area contributed by atoms with Gasteiger partial charge in [0.05, 0.1) is 15.2 Å². The second-order valence-corrected chi connectivity index (χ2v) is 6.07. The molecule has 0 atom stereocenters. The summed E-state index contributed by atoms with van der Waals surface area (Å²) in [5.41, 5.74) is 0.430. The molecule has 0 radical (unpaired) electrons. The van der Waals surface area contributed by atoms with Crippen molar-refractivity contribution in [3.05, 3.63) is 27.7 Å². The number of carbonyl (C=O) groups is 1. The van der Waals surface area contributed by atoms with Crippen LogP contribution in [0.4, 0.5) is 5.69 Å². The van der Waals surface area contributed by atoms with Crippen LogP contribution in [0.3, 0.4) is 0 Å². The lowest BCUT2D eigenvalue weighted by Crippen LogP contribution is -2.42. The number of hydrogen-bond acceptors (Lipinski definition) is 2. The second-order valence-electron chi connectivity index (χ2n) is 4.87. The molecule has 3 nitrogen and oxygen atoms in total. The van der Waals surface area contributed by atoms with E-state index in [1.165, 1.54) is 0 Å². The van der Waals surface area contributed by atoms with Crippen molar-refractivity contribution >= 4 is 39.1 Å².